The molecule has 1 fully saturated rings. The number of carboxylic acids is 1. The standard InChI is InChI=1S/C13H15NO3S/c1-8-3-2-4-9(5-8)6-11-12(15)14-10(7-18-11)13(16)17/h2-5,10-11H,6-7H2,1H3,(H,14,15)(H,16,17). The summed E-state index contributed by atoms with van der Waals surface area (Å²) in [4.78, 5) is 22.6. The van der Waals surface area contributed by atoms with Crippen LogP contribution in [0.2, 0.25) is 0 Å². The Morgan fingerprint density at radius 1 is 1.56 bits per heavy atom. The molecule has 1 aliphatic heterocycles. The Balaban J connectivity index is 1.99. The molecule has 5 heteroatoms. The Bertz CT molecular complexity index is 475. The van der Waals surface area contributed by atoms with Gasteiger partial charge in [-0.2, -0.15) is 0 Å². The lowest BCUT2D eigenvalue weighted by molar-refractivity contribution is -0.141. The number of aliphatic carboxylic acids is 1. The monoisotopic (exact) mass is 265 g/mol. The average Bonchev–Trinajstić information content (AvgIpc) is 2.31. The van der Waals surface area contributed by atoms with Crippen LogP contribution in [0.25, 0.3) is 0 Å². The predicted octanol–water partition coefficient (Wildman–Crippen LogP) is 1.22. The topological polar surface area (TPSA) is 66.4 Å². The molecule has 0 aromatic heterocycles. The SMILES string of the molecule is Cc1cccc(CC2SCC(C(=O)O)NC2=O)c1. The zero-order valence-corrected chi connectivity index (χ0v) is 10.9. The molecule has 1 aromatic carbocycles. The van der Waals surface area contributed by atoms with Crippen molar-refractivity contribution in [3.63, 3.8) is 0 Å². The van der Waals surface area contributed by atoms with E-state index in [1.165, 1.54) is 11.8 Å². The third kappa shape index (κ3) is 3.04. The van der Waals surface area contributed by atoms with Crippen molar-refractivity contribution in [2.45, 2.75) is 24.6 Å². The molecular formula is C13H15NO3S. The minimum Gasteiger partial charge on any atom is -0.480 e. The number of carbonyl (C=O) groups excluding carboxylic acids is 1. The molecule has 1 aromatic rings. The van der Waals surface area contributed by atoms with Crippen molar-refractivity contribution in [3.8, 4) is 0 Å². The van der Waals surface area contributed by atoms with Gasteiger partial charge in [-0.3, -0.25) is 4.79 Å². The van der Waals surface area contributed by atoms with Crippen molar-refractivity contribution in [1.82, 2.24) is 5.32 Å². The fourth-order valence-corrected chi connectivity index (χ4v) is 3.11. The molecule has 2 unspecified atom stereocenters. The number of benzene rings is 1. The van der Waals surface area contributed by atoms with E-state index in [9.17, 15) is 9.59 Å². The normalized spacial score (nSPS) is 23.5. The van der Waals surface area contributed by atoms with E-state index in [1.807, 2.05) is 25.1 Å². The number of carbonyl (C=O) groups is 2. The molecule has 2 atom stereocenters. The summed E-state index contributed by atoms with van der Waals surface area (Å²) in [5.41, 5.74) is 2.27. The van der Waals surface area contributed by atoms with Crippen LogP contribution in [0.3, 0.4) is 0 Å². The maximum atomic E-state index is 11.8. The molecule has 1 saturated heterocycles. The first-order chi connectivity index (χ1) is 8.56. The Labute approximate surface area is 110 Å². The van der Waals surface area contributed by atoms with E-state index >= 15 is 0 Å². The summed E-state index contributed by atoms with van der Waals surface area (Å²) < 4.78 is 0. The fraction of sp³-hybridized carbons (Fsp3) is 0.385. The van der Waals surface area contributed by atoms with Gasteiger partial charge in [0.1, 0.15) is 6.04 Å². The lowest BCUT2D eigenvalue weighted by atomic mass is 10.1. The zero-order chi connectivity index (χ0) is 13.1. The second-order valence-electron chi connectivity index (χ2n) is 4.41. The number of nitrogens with one attached hydrogen (secondary N) is 1. The van der Waals surface area contributed by atoms with Crippen molar-refractivity contribution in [2.75, 3.05) is 5.75 Å². The highest BCUT2D eigenvalue weighted by atomic mass is 32.2. The minimum atomic E-state index is -0.968. The third-order valence-corrected chi connectivity index (χ3v) is 4.18. The molecular weight excluding hydrogens is 250 g/mol. The summed E-state index contributed by atoms with van der Waals surface area (Å²) in [7, 11) is 0. The Hall–Kier alpha value is -1.49. The molecule has 2 rings (SSSR count). The van der Waals surface area contributed by atoms with Gasteiger partial charge in [-0.05, 0) is 18.9 Å². The van der Waals surface area contributed by atoms with Gasteiger partial charge in [-0.25, -0.2) is 4.79 Å². The highest BCUT2D eigenvalue weighted by molar-refractivity contribution is 8.00. The number of thioether (sulfide) groups is 1. The Morgan fingerprint density at radius 2 is 2.33 bits per heavy atom. The predicted molar refractivity (Wildman–Crippen MR) is 70.7 cm³/mol. The van der Waals surface area contributed by atoms with Gasteiger partial charge in [-0.1, -0.05) is 29.8 Å². The van der Waals surface area contributed by atoms with Crippen molar-refractivity contribution >= 4 is 23.6 Å². The van der Waals surface area contributed by atoms with Gasteiger partial charge >= 0.3 is 5.97 Å². The number of carboxylic acid groups (broad SMARTS) is 1. The molecule has 1 heterocycles. The van der Waals surface area contributed by atoms with Crippen LogP contribution in [0.5, 0.6) is 0 Å². The van der Waals surface area contributed by atoms with E-state index in [2.05, 4.69) is 11.4 Å². The molecule has 0 aliphatic carbocycles. The quantitative estimate of drug-likeness (QED) is 0.862. The lowest BCUT2D eigenvalue weighted by Crippen LogP contribution is -2.51. The molecule has 0 bridgehead atoms. The van der Waals surface area contributed by atoms with Crippen LogP contribution in [0.4, 0.5) is 0 Å². The molecule has 2 N–H and O–H groups in total. The number of amides is 1. The summed E-state index contributed by atoms with van der Waals surface area (Å²) in [6.07, 6.45) is 0.643. The third-order valence-electron chi connectivity index (χ3n) is 2.87. The second-order valence-corrected chi connectivity index (χ2v) is 5.65. The van der Waals surface area contributed by atoms with Crippen LogP contribution in [-0.2, 0) is 16.0 Å². The van der Waals surface area contributed by atoms with Crippen molar-refractivity contribution in [1.29, 1.82) is 0 Å². The molecule has 1 aliphatic rings. The van der Waals surface area contributed by atoms with Crippen molar-refractivity contribution in [3.05, 3.63) is 35.4 Å². The van der Waals surface area contributed by atoms with Gasteiger partial charge < -0.3 is 10.4 Å². The minimum absolute atomic E-state index is 0.180. The Kier molecular flexibility index (Phi) is 3.91. The van der Waals surface area contributed by atoms with Gasteiger partial charge in [0.2, 0.25) is 5.91 Å². The van der Waals surface area contributed by atoms with Crippen LogP contribution < -0.4 is 5.32 Å². The van der Waals surface area contributed by atoms with E-state index in [-0.39, 0.29) is 11.2 Å². The number of aryl methyl sites for hydroxylation is 1. The van der Waals surface area contributed by atoms with Crippen molar-refractivity contribution < 1.29 is 14.7 Å². The molecule has 1 amide bonds. The molecule has 0 spiro atoms. The smallest absolute Gasteiger partial charge is 0.327 e. The zero-order valence-electron chi connectivity index (χ0n) is 10.1. The summed E-state index contributed by atoms with van der Waals surface area (Å²) in [5, 5.41) is 11.2. The van der Waals surface area contributed by atoms with Crippen molar-refractivity contribution in [2.24, 2.45) is 0 Å². The first-order valence-electron chi connectivity index (χ1n) is 5.76. The number of hydrogen-bond donors (Lipinski definition) is 2. The highest BCUT2D eigenvalue weighted by Gasteiger charge is 2.32. The van der Waals surface area contributed by atoms with Crippen LogP contribution >= 0.6 is 11.8 Å². The Morgan fingerprint density at radius 3 is 2.94 bits per heavy atom. The van der Waals surface area contributed by atoms with E-state index in [1.54, 1.807) is 0 Å². The number of rotatable bonds is 3. The fourth-order valence-electron chi connectivity index (χ4n) is 1.93. The molecule has 0 saturated carbocycles. The van der Waals surface area contributed by atoms with E-state index in [4.69, 9.17) is 5.11 Å². The van der Waals surface area contributed by atoms with Crippen LogP contribution in [0, 0.1) is 6.92 Å². The molecule has 96 valence electrons. The molecule has 18 heavy (non-hydrogen) atoms. The molecule has 0 radical (unpaired) electrons. The maximum absolute atomic E-state index is 11.8. The van der Waals surface area contributed by atoms with Crippen LogP contribution in [0.1, 0.15) is 11.1 Å². The average molecular weight is 265 g/mol. The summed E-state index contributed by atoms with van der Waals surface area (Å²) in [6, 6.07) is 7.27. The highest BCUT2D eigenvalue weighted by Crippen LogP contribution is 2.22. The van der Waals surface area contributed by atoms with Gasteiger partial charge in [0.25, 0.3) is 0 Å². The van der Waals surface area contributed by atoms with E-state index < -0.39 is 12.0 Å². The van der Waals surface area contributed by atoms with Gasteiger partial charge in [0, 0.05) is 5.75 Å². The molecule has 4 nitrogen and oxygen atoms in total. The van der Waals surface area contributed by atoms with Gasteiger partial charge in [0.05, 0.1) is 5.25 Å². The summed E-state index contributed by atoms with van der Waals surface area (Å²) in [5.74, 6) is -0.720. The van der Waals surface area contributed by atoms with E-state index in [0.717, 1.165) is 11.1 Å². The largest absolute Gasteiger partial charge is 0.480 e. The first-order valence-corrected chi connectivity index (χ1v) is 6.81. The van der Waals surface area contributed by atoms with Crippen LogP contribution in [-0.4, -0.2) is 34.0 Å². The summed E-state index contributed by atoms with van der Waals surface area (Å²) >= 11 is 1.42. The van der Waals surface area contributed by atoms with E-state index in [0.29, 0.717) is 12.2 Å². The second kappa shape index (κ2) is 5.44. The number of hydrogen-bond acceptors (Lipinski definition) is 3. The first kappa shape index (κ1) is 13.0. The maximum Gasteiger partial charge on any atom is 0.327 e. The van der Waals surface area contributed by atoms with Crippen LogP contribution in [0.15, 0.2) is 24.3 Å². The lowest BCUT2D eigenvalue weighted by Gasteiger charge is -2.26. The van der Waals surface area contributed by atoms with Gasteiger partial charge in [-0.15, -0.1) is 11.8 Å². The van der Waals surface area contributed by atoms with Gasteiger partial charge in [0.15, 0.2) is 0 Å². The summed E-state index contributed by atoms with van der Waals surface area (Å²) in [6.45, 7) is 2.01.